The molecule has 0 bridgehead atoms. The molecule has 0 aliphatic carbocycles. The van der Waals surface area contributed by atoms with Crippen LogP contribution in [0.1, 0.15) is 28.4 Å². The van der Waals surface area contributed by atoms with Crippen LogP contribution in [0.15, 0.2) is 48.7 Å². The third-order valence-corrected chi connectivity index (χ3v) is 4.03. The van der Waals surface area contributed by atoms with E-state index < -0.39 is 5.97 Å². The van der Waals surface area contributed by atoms with Gasteiger partial charge in [0.05, 0.1) is 11.1 Å². The minimum atomic E-state index is -0.908. The number of hydrogen-bond acceptors (Lipinski definition) is 2. The zero-order chi connectivity index (χ0) is 16.4. The van der Waals surface area contributed by atoms with Crippen molar-refractivity contribution in [3.05, 3.63) is 65.4 Å². The minimum absolute atomic E-state index is 0.325. The van der Waals surface area contributed by atoms with E-state index in [2.05, 4.69) is 0 Å². The van der Waals surface area contributed by atoms with Gasteiger partial charge in [-0.25, -0.2) is 4.79 Å². The first kappa shape index (κ1) is 15.2. The second-order valence-corrected chi connectivity index (χ2v) is 5.50. The molecule has 23 heavy (non-hydrogen) atoms. The van der Waals surface area contributed by atoms with Crippen LogP contribution in [-0.4, -0.2) is 15.6 Å². The molecule has 1 heterocycles. The van der Waals surface area contributed by atoms with Crippen LogP contribution in [0, 0.1) is 6.92 Å². The summed E-state index contributed by atoms with van der Waals surface area (Å²) in [5, 5.41) is 10.3. The summed E-state index contributed by atoms with van der Waals surface area (Å²) in [6.07, 6.45) is 1.98. The Morgan fingerprint density at radius 1 is 1.17 bits per heavy atom. The molecule has 3 rings (SSSR count). The highest BCUT2D eigenvalue weighted by atomic mass is 16.5. The van der Waals surface area contributed by atoms with Gasteiger partial charge in [0, 0.05) is 23.7 Å². The fourth-order valence-corrected chi connectivity index (χ4v) is 2.85. The van der Waals surface area contributed by atoms with Crippen LogP contribution < -0.4 is 4.74 Å². The topological polar surface area (TPSA) is 51.5 Å². The van der Waals surface area contributed by atoms with Gasteiger partial charge in [0.2, 0.25) is 0 Å². The third-order valence-electron chi connectivity index (χ3n) is 4.03. The molecule has 3 aromatic rings. The smallest absolute Gasteiger partial charge is 0.337 e. The summed E-state index contributed by atoms with van der Waals surface area (Å²) in [7, 11) is 0. The number of hydrogen-bond donors (Lipinski definition) is 1. The summed E-state index contributed by atoms with van der Waals surface area (Å²) in [5.41, 5.74) is 3.16. The van der Waals surface area contributed by atoms with Crippen LogP contribution in [-0.2, 0) is 13.2 Å². The van der Waals surface area contributed by atoms with Crippen molar-refractivity contribution < 1.29 is 14.6 Å². The van der Waals surface area contributed by atoms with Crippen LogP contribution >= 0.6 is 0 Å². The number of para-hydroxylation sites is 2. The first-order valence-corrected chi connectivity index (χ1v) is 7.64. The van der Waals surface area contributed by atoms with Crippen molar-refractivity contribution in [2.24, 2.45) is 0 Å². The van der Waals surface area contributed by atoms with E-state index in [9.17, 15) is 9.90 Å². The van der Waals surface area contributed by atoms with E-state index in [0.29, 0.717) is 18.7 Å². The molecular formula is C19H19NO3. The molecule has 0 aliphatic heterocycles. The Labute approximate surface area is 134 Å². The number of ether oxygens (including phenoxy) is 1. The Balaban J connectivity index is 2.00. The fourth-order valence-electron chi connectivity index (χ4n) is 2.85. The van der Waals surface area contributed by atoms with Crippen molar-refractivity contribution in [2.75, 3.05) is 0 Å². The lowest BCUT2D eigenvalue weighted by atomic mass is 10.1. The van der Waals surface area contributed by atoms with Gasteiger partial charge >= 0.3 is 5.97 Å². The molecule has 0 radical (unpaired) electrons. The molecule has 0 atom stereocenters. The number of carboxylic acids is 1. The Hall–Kier alpha value is -2.75. The highest BCUT2D eigenvalue weighted by molar-refractivity contribution is 6.03. The largest absolute Gasteiger partial charge is 0.489 e. The van der Waals surface area contributed by atoms with Crippen LogP contribution in [0.25, 0.3) is 10.9 Å². The number of nitrogens with zero attached hydrogens (tertiary/aromatic N) is 1. The Kier molecular flexibility index (Phi) is 4.06. The fraction of sp³-hybridized carbons (Fsp3) is 0.211. The number of carbonyl (C=O) groups is 1. The molecule has 0 saturated heterocycles. The Bertz CT molecular complexity index is 864. The van der Waals surface area contributed by atoms with Gasteiger partial charge in [0.25, 0.3) is 0 Å². The average Bonchev–Trinajstić information content (AvgIpc) is 2.92. The molecular weight excluding hydrogens is 290 g/mol. The Morgan fingerprint density at radius 3 is 2.65 bits per heavy atom. The first-order chi connectivity index (χ1) is 11.1. The predicted octanol–water partition coefficient (Wildman–Crippen LogP) is 4.25. The quantitative estimate of drug-likeness (QED) is 0.766. The van der Waals surface area contributed by atoms with Crippen molar-refractivity contribution in [1.82, 2.24) is 4.57 Å². The first-order valence-electron chi connectivity index (χ1n) is 7.64. The third kappa shape index (κ3) is 2.80. The van der Waals surface area contributed by atoms with Crippen molar-refractivity contribution >= 4 is 16.9 Å². The monoisotopic (exact) mass is 309 g/mol. The van der Waals surface area contributed by atoms with Gasteiger partial charge in [-0.05, 0) is 31.5 Å². The number of aryl methyl sites for hydroxylation is 2. The maximum absolute atomic E-state index is 11.5. The molecule has 0 spiro atoms. The lowest BCUT2D eigenvalue weighted by molar-refractivity contribution is 0.0698. The zero-order valence-electron chi connectivity index (χ0n) is 13.2. The normalized spacial score (nSPS) is 10.9. The van der Waals surface area contributed by atoms with Crippen molar-refractivity contribution in [2.45, 2.75) is 27.0 Å². The maximum Gasteiger partial charge on any atom is 0.337 e. The lowest BCUT2D eigenvalue weighted by Gasteiger charge is -2.08. The second-order valence-electron chi connectivity index (χ2n) is 5.50. The maximum atomic E-state index is 11.5. The number of benzene rings is 2. The van der Waals surface area contributed by atoms with E-state index >= 15 is 0 Å². The minimum Gasteiger partial charge on any atom is -0.489 e. The van der Waals surface area contributed by atoms with Gasteiger partial charge in [-0.15, -0.1) is 0 Å². The van der Waals surface area contributed by atoms with E-state index in [-0.39, 0.29) is 0 Å². The number of rotatable bonds is 5. The number of aromatic carboxylic acids is 1. The van der Waals surface area contributed by atoms with Gasteiger partial charge in [0.15, 0.2) is 0 Å². The molecule has 4 nitrogen and oxygen atoms in total. The molecule has 0 saturated carbocycles. The second kappa shape index (κ2) is 6.16. The SMILES string of the molecule is CCn1cc(COc2ccccc2C)c2cccc(C(=O)O)c21. The predicted molar refractivity (Wildman–Crippen MR) is 90.1 cm³/mol. The highest BCUT2D eigenvalue weighted by Gasteiger charge is 2.15. The number of aromatic nitrogens is 1. The summed E-state index contributed by atoms with van der Waals surface area (Å²) < 4.78 is 7.90. The summed E-state index contributed by atoms with van der Waals surface area (Å²) in [6.45, 7) is 5.14. The van der Waals surface area contributed by atoms with Crippen LogP contribution in [0.2, 0.25) is 0 Å². The standard InChI is InChI=1S/C19H19NO3/c1-3-20-11-14(12-23-17-10-5-4-7-13(17)2)15-8-6-9-16(18(15)20)19(21)22/h4-11H,3,12H2,1-2H3,(H,21,22). The molecule has 0 fully saturated rings. The average molecular weight is 309 g/mol. The summed E-state index contributed by atoms with van der Waals surface area (Å²) in [6, 6.07) is 13.2. The molecule has 2 aromatic carbocycles. The molecule has 0 amide bonds. The highest BCUT2D eigenvalue weighted by Crippen LogP contribution is 2.27. The van der Waals surface area contributed by atoms with E-state index in [1.165, 1.54) is 0 Å². The van der Waals surface area contributed by atoms with Gasteiger partial charge in [-0.1, -0.05) is 30.3 Å². The van der Waals surface area contributed by atoms with Gasteiger partial charge < -0.3 is 14.4 Å². The van der Waals surface area contributed by atoms with E-state index in [4.69, 9.17) is 4.74 Å². The van der Waals surface area contributed by atoms with Crippen LogP contribution in [0.3, 0.4) is 0 Å². The van der Waals surface area contributed by atoms with Gasteiger partial charge in [-0.2, -0.15) is 0 Å². The van der Waals surface area contributed by atoms with Crippen LogP contribution in [0.5, 0.6) is 5.75 Å². The van der Waals surface area contributed by atoms with Gasteiger partial charge in [-0.3, -0.25) is 0 Å². The lowest BCUT2D eigenvalue weighted by Crippen LogP contribution is -2.01. The number of carboxylic acid groups (broad SMARTS) is 1. The molecule has 118 valence electrons. The van der Waals surface area contributed by atoms with Crippen molar-refractivity contribution in [3.8, 4) is 5.75 Å². The summed E-state index contributed by atoms with van der Waals surface area (Å²) in [5.74, 6) is -0.0611. The Morgan fingerprint density at radius 2 is 1.96 bits per heavy atom. The van der Waals surface area contributed by atoms with Crippen molar-refractivity contribution in [1.29, 1.82) is 0 Å². The molecule has 1 aromatic heterocycles. The van der Waals surface area contributed by atoms with Gasteiger partial charge in [0.1, 0.15) is 12.4 Å². The van der Waals surface area contributed by atoms with E-state index in [1.807, 2.05) is 54.9 Å². The molecule has 0 aliphatic rings. The summed E-state index contributed by atoms with van der Waals surface area (Å²) >= 11 is 0. The summed E-state index contributed by atoms with van der Waals surface area (Å²) in [4.78, 5) is 11.5. The van der Waals surface area contributed by atoms with Crippen LogP contribution in [0.4, 0.5) is 0 Å². The number of fused-ring (bicyclic) bond motifs is 1. The van der Waals surface area contributed by atoms with Crippen molar-refractivity contribution in [3.63, 3.8) is 0 Å². The zero-order valence-corrected chi connectivity index (χ0v) is 13.2. The van der Waals surface area contributed by atoms with E-state index in [0.717, 1.165) is 27.8 Å². The molecule has 0 unspecified atom stereocenters. The van der Waals surface area contributed by atoms with E-state index in [1.54, 1.807) is 12.1 Å². The molecule has 1 N–H and O–H groups in total. The molecule has 4 heteroatoms.